The number of allylic oxidation sites excluding steroid dienone is 4. The molecule has 29 heavy (non-hydrogen) atoms. The number of nitrogens with zero attached hydrogens (tertiary/aromatic N) is 3. The summed E-state index contributed by atoms with van der Waals surface area (Å²) in [5.74, 6) is -0.224. The Morgan fingerprint density at radius 2 is 2.24 bits per heavy atom. The Bertz CT molecular complexity index is 1170. The van der Waals surface area contributed by atoms with Crippen molar-refractivity contribution in [2.24, 2.45) is 0 Å². The van der Waals surface area contributed by atoms with Gasteiger partial charge < -0.3 is 19.6 Å². The minimum Gasteiger partial charge on any atom is -0.508 e. The van der Waals surface area contributed by atoms with Crippen LogP contribution in [0.5, 0.6) is 5.75 Å². The molecule has 4 rings (SSSR count). The van der Waals surface area contributed by atoms with Gasteiger partial charge in [0.15, 0.2) is 0 Å². The van der Waals surface area contributed by atoms with Crippen LogP contribution < -0.4 is 10.9 Å². The Kier molecular flexibility index (Phi) is 5.37. The van der Waals surface area contributed by atoms with Crippen LogP contribution in [0.25, 0.3) is 5.70 Å². The van der Waals surface area contributed by atoms with Crippen molar-refractivity contribution in [2.45, 2.75) is 19.0 Å². The number of amides is 1. The van der Waals surface area contributed by atoms with Gasteiger partial charge in [-0.3, -0.25) is 9.59 Å². The Balaban J connectivity index is 1.38. The topological polar surface area (TPSA) is 89.1 Å². The van der Waals surface area contributed by atoms with E-state index in [2.05, 4.69) is 10.3 Å². The van der Waals surface area contributed by atoms with E-state index in [9.17, 15) is 14.7 Å². The van der Waals surface area contributed by atoms with E-state index in [1.54, 1.807) is 29.2 Å². The monoisotopic (exact) mass is 428 g/mol. The molecule has 0 bridgehead atoms. The maximum atomic E-state index is 12.1. The van der Waals surface area contributed by atoms with Crippen molar-refractivity contribution in [3.63, 3.8) is 0 Å². The number of hydrogen-bond acceptors (Lipinski definition) is 5. The zero-order valence-corrected chi connectivity index (χ0v) is 16.7. The molecular formula is C20H17ClN4O3S. The molecule has 1 atom stereocenters. The number of aromatic nitrogens is 3. The van der Waals surface area contributed by atoms with Crippen molar-refractivity contribution in [2.75, 3.05) is 0 Å². The van der Waals surface area contributed by atoms with Gasteiger partial charge in [0.25, 0.3) is 11.5 Å². The molecule has 0 saturated heterocycles. The molecule has 3 heterocycles. The van der Waals surface area contributed by atoms with Crippen molar-refractivity contribution in [1.82, 2.24) is 19.4 Å². The fourth-order valence-electron chi connectivity index (χ4n) is 3.04. The van der Waals surface area contributed by atoms with Gasteiger partial charge in [-0.05, 0) is 30.7 Å². The largest absolute Gasteiger partial charge is 0.508 e. The fourth-order valence-corrected chi connectivity index (χ4v) is 4.00. The second-order valence-corrected chi connectivity index (χ2v) is 8.20. The van der Waals surface area contributed by atoms with Gasteiger partial charge in [-0.1, -0.05) is 23.8 Å². The lowest BCUT2D eigenvalue weighted by Gasteiger charge is -2.19. The molecule has 3 aromatic heterocycles. The summed E-state index contributed by atoms with van der Waals surface area (Å²) in [7, 11) is 0. The minimum absolute atomic E-state index is 0.0394. The van der Waals surface area contributed by atoms with Gasteiger partial charge in [-0.15, -0.1) is 11.3 Å². The normalized spacial score (nSPS) is 15.9. The average Bonchev–Trinajstić information content (AvgIpc) is 3.36. The Labute approximate surface area is 175 Å². The standard InChI is InChI=1S/C20H17ClN4O3S/c21-18-6-5-17(29-18)20(28)22-10-13-11-24(12-23-13)14-1-3-15(4-2-14)25-8-7-16(26)9-19(25)27/h1-3,5-9,11-12,15,26H,4,10H2,(H,22,28). The summed E-state index contributed by atoms with van der Waals surface area (Å²) < 4.78 is 4.02. The lowest BCUT2D eigenvalue weighted by molar-refractivity contribution is 0.0954. The second kappa shape index (κ2) is 8.10. The van der Waals surface area contributed by atoms with Gasteiger partial charge in [-0.2, -0.15) is 0 Å². The molecule has 0 aromatic carbocycles. The molecule has 1 aliphatic rings. The number of pyridine rings is 1. The number of thiophene rings is 1. The first kappa shape index (κ1) is 19.2. The third kappa shape index (κ3) is 4.33. The van der Waals surface area contributed by atoms with Crippen LogP contribution >= 0.6 is 22.9 Å². The number of carbonyl (C=O) groups is 1. The van der Waals surface area contributed by atoms with E-state index in [-0.39, 0.29) is 23.3 Å². The molecule has 7 nitrogen and oxygen atoms in total. The van der Waals surface area contributed by atoms with Gasteiger partial charge in [0.1, 0.15) is 5.75 Å². The minimum atomic E-state index is -0.246. The summed E-state index contributed by atoms with van der Waals surface area (Å²) in [5, 5.41) is 12.2. The molecule has 0 aliphatic heterocycles. The summed E-state index contributed by atoms with van der Waals surface area (Å²) in [4.78, 5) is 29.0. The van der Waals surface area contributed by atoms with Crippen LogP contribution in [0, 0.1) is 0 Å². The summed E-state index contributed by atoms with van der Waals surface area (Å²) in [6, 6.07) is 5.97. The number of halogens is 1. The molecule has 9 heteroatoms. The van der Waals surface area contributed by atoms with E-state index in [1.165, 1.54) is 23.5 Å². The highest BCUT2D eigenvalue weighted by atomic mass is 35.5. The van der Waals surface area contributed by atoms with Crippen LogP contribution in [0.3, 0.4) is 0 Å². The van der Waals surface area contributed by atoms with Crippen LogP contribution in [-0.4, -0.2) is 25.1 Å². The van der Waals surface area contributed by atoms with Crippen LogP contribution in [0.15, 0.2) is 66.0 Å². The van der Waals surface area contributed by atoms with Crippen LogP contribution in [-0.2, 0) is 6.54 Å². The third-order valence-electron chi connectivity index (χ3n) is 4.51. The molecule has 0 spiro atoms. The van der Waals surface area contributed by atoms with Crippen LogP contribution in [0.1, 0.15) is 27.8 Å². The van der Waals surface area contributed by atoms with E-state index in [4.69, 9.17) is 11.6 Å². The molecule has 2 N–H and O–H groups in total. The van der Waals surface area contributed by atoms with E-state index >= 15 is 0 Å². The fraction of sp³-hybridized carbons (Fsp3) is 0.150. The highest BCUT2D eigenvalue weighted by Gasteiger charge is 2.14. The molecule has 1 amide bonds. The summed E-state index contributed by atoms with van der Waals surface area (Å²) in [5.41, 5.74) is 1.42. The Morgan fingerprint density at radius 1 is 1.38 bits per heavy atom. The van der Waals surface area contributed by atoms with E-state index in [0.29, 0.717) is 22.2 Å². The van der Waals surface area contributed by atoms with Gasteiger partial charge in [0.2, 0.25) is 0 Å². The number of nitrogens with one attached hydrogen (secondary N) is 1. The van der Waals surface area contributed by atoms with Crippen molar-refractivity contribution >= 4 is 34.5 Å². The van der Waals surface area contributed by atoms with Crippen LogP contribution in [0.4, 0.5) is 0 Å². The summed E-state index contributed by atoms with van der Waals surface area (Å²) in [6.07, 6.45) is 11.6. The van der Waals surface area contributed by atoms with E-state index < -0.39 is 0 Å². The molecule has 0 radical (unpaired) electrons. The quantitative estimate of drug-likeness (QED) is 0.651. The number of carbonyl (C=O) groups excluding carboxylic acids is 1. The average molecular weight is 429 g/mol. The van der Waals surface area contributed by atoms with Gasteiger partial charge in [0, 0.05) is 24.2 Å². The number of hydrogen-bond donors (Lipinski definition) is 2. The highest BCUT2D eigenvalue weighted by molar-refractivity contribution is 7.17. The SMILES string of the molecule is O=C(NCc1cn(C2=CCC(n3ccc(O)cc3=O)C=C2)cn1)c1ccc(Cl)s1. The first-order valence-electron chi connectivity index (χ1n) is 8.86. The smallest absolute Gasteiger partial charge is 0.261 e. The maximum absolute atomic E-state index is 12.1. The predicted octanol–water partition coefficient (Wildman–Crippen LogP) is 3.44. The molecule has 0 fully saturated rings. The van der Waals surface area contributed by atoms with Crippen molar-refractivity contribution < 1.29 is 9.90 Å². The first-order chi connectivity index (χ1) is 14.0. The predicted molar refractivity (Wildman–Crippen MR) is 112 cm³/mol. The lowest BCUT2D eigenvalue weighted by atomic mass is 10.1. The maximum Gasteiger partial charge on any atom is 0.261 e. The van der Waals surface area contributed by atoms with Gasteiger partial charge in [0.05, 0.1) is 33.8 Å². The molecule has 3 aromatic rings. The van der Waals surface area contributed by atoms with Crippen molar-refractivity contribution in [3.8, 4) is 5.75 Å². The lowest BCUT2D eigenvalue weighted by Crippen LogP contribution is -2.22. The Morgan fingerprint density at radius 3 is 2.93 bits per heavy atom. The molecule has 0 saturated carbocycles. The highest BCUT2D eigenvalue weighted by Crippen LogP contribution is 2.24. The van der Waals surface area contributed by atoms with Crippen molar-refractivity contribution in [1.29, 1.82) is 0 Å². The third-order valence-corrected chi connectivity index (χ3v) is 5.74. The molecule has 1 aliphatic carbocycles. The van der Waals surface area contributed by atoms with E-state index in [1.807, 2.05) is 29.0 Å². The Hall–Kier alpha value is -3.10. The number of aromatic hydroxyl groups is 1. The zero-order chi connectivity index (χ0) is 20.4. The first-order valence-corrected chi connectivity index (χ1v) is 10.1. The molecule has 148 valence electrons. The van der Waals surface area contributed by atoms with Crippen LogP contribution in [0.2, 0.25) is 4.34 Å². The van der Waals surface area contributed by atoms with E-state index in [0.717, 1.165) is 11.4 Å². The molecule has 1 unspecified atom stereocenters. The molecular weight excluding hydrogens is 412 g/mol. The number of rotatable bonds is 5. The summed E-state index contributed by atoms with van der Waals surface area (Å²) >= 11 is 7.09. The zero-order valence-electron chi connectivity index (χ0n) is 15.2. The van der Waals surface area contributed by atoms with Gasteiger partial charge in [-0.25, -0.2) is 4.98 Å². The second-order valence-electron chi connectivity index (χ2n) is 6.48. The van der Waals surface area contributed by atoms with Gasteiger partial charge >= 0.3 is 0 Å². The van der Waals surface area contributed by atoms with Crippen molar-refractivity contribution in [3.05, 3.63) is 86.5 Å². The number of imidazole rings is 1. The summed E-state index contributed by atoms with van der Waals surface area (Å²) in [6.45, 7) is 0.309.